The number of hydrogen-bond donors (Lipinski definition) is 2. The fraction of sp³-hybridized carbons (Fsp3) is 0.143. The number of fused-ring (bicyclic) bond motifs is 1. The van der Waals surface area contributed by atoms with Crippen LogP contribution >= 0.6 is 11.8 Å². The molecule has 0 radical (unpaired) electrons. The summed E-state index contributed by atoms with van der Waals surface area (Å²) < 4.78 is 0. The molecule has 3 rings (SSSR count). The summed E-state index contributed by atoms with van der Waals surface area (Å²) in [4.78, 5) is 24.6. The Bertz CT molecular complexity index is 969. The molecule has 2 amide bonds. The summed E-state index contributed by atoms with van der Waals surface area (Å²) in [7, 11) is 0. The van der Waals surface area contributed by atoms with Gasteiger partial charge in [0.05, 0.1) is 5.75 Å². The Morgan fingerprint density at radius 3 is 2.31 bits per heavy atom. The molecule has 2 N–H and O–H groups in total. The number of benzene rings is 3. The molecule has 0 spiro atoms. The highest BCUT2D eigenvalue weighted by molar-refractivity contribution is 8.00. The zero-order valence-corrected chi connectivity index (χ0v) is 15.5. The van der Waals surface area contributed by atoms with Gasteiger partial charge < -0.3 is 10.6 Å². The zero-order chi connectivity index (χ0) is 18.5. The average Bonchev–Trinajstić information content (AvgIpc) is 2.63. The van der Waals surface area contributed by atoms with Crippen molar-refractivity contribution in [2.75, 3.05) is 16.4 Å². The van der Waals surface area contributed by atoms with Gasteiger partial charge in [-0.05, 0) is 47.5 Å². The number of amides is 2. The second kappa shape index (κ2) is 8.06. The molecule has 3 aromatic carbocycles. The van der Waals surface area contributed by atoms with Crippen molar-refractivity contribution in [2.45, 2.75) is 18.7 Å². The maximum absolute atomic E-state index is 12.3. The van der Waals surface area contributed by atoms with E-state index >= 15 is 0 Å². The highest BCUT2D eigenvalue weighted by Crippen LogP contribution is 2.26. The predicted molar refractivity (Wildman–Crippen MR) is 109 cm³/mol. The largest absolute Gasteiger partial charge is 0.326 e. The smallest absolute Gasteiger partial charge is 0.234 e. The Morgan fingerprint density at radius 2 is 1.58 bits per heavy atom. The average molecular weight is 364 g/mol. The van der Waals surface area contributed by atoms with Crippen molar-refractivity contribution in [3.63, 3.8) is 0 Å². The molecule has 3 aromatic rings. The number of rotatable bonds is 5. The van der Waals surface area contributed by atoms with Crippen LogP contribution in [0.15, 0.2) is 65.6 Å². The molecule has 0 aromatic heterocycles. The van der Waals surface area contributed by atoms with Gasteiger partial charge in [0, 0.05) is 23.2 Å². The van der Waals surface area contributed by atoms with Crippen molar-refractivity contribution >= 4 is 45.7 Å². The minimum absolute atomic E-state index is 0.0776. The minimum atomic E-state index is -0.136. The topological polar surface area (TPSA) is 58.2 Å². The third-order valence-corrected chi connectivity index (χ3v) is 5.00. The summed E-state index contributed by atoms with van der Waals surface area (Å²) in [5.41, 5.74) is 2.25. The van der Waals surface area contributed by atoms with E-state index in [4.69, 9.17) is 0 Å². The van der Waals surface area contributed by atoms with Crippen LogP contribution in [0.4, 0.5) is 11.4 Å². The molecule has 0 fully saturated rings. The quantitative estimate of drug-likeness (QED) is 0.637. The molecule has 0 bridgehead atoms. The number of carbonyl (C=O) groups is 2. The number of carbonyl (C=O) groups excluding carboxylic acids is 2. The van der Waals surface area contributed by atoms with E-state index in [2.05, 4.69) is 34.9 Å². The second-order valence-corrected chi connectivity index (χ2v) is 7.05. The van der Waals surface area contributed by atoms with Gasteiger partial charge in [-0.3, -0.25) is 9.59 Å². The van der Waals surface area contributed by atoms with E-state index in [1.54, 1.807) is 0 Å². The summed E-state index contributed by atoms with van der Waals surface area (Å²) in [6.45, 7) is 3.34. The Kier molecular flexibility index (Phi) is 5.58. The molecule has 0 saturated heterocycles. The molecular weight excluding hydrogens is 344 g/mol. The maximum atomic E-state index is 12.3. The lowest BCUT2D eigenvalue weighted by molar-refractivity contribution is -0.114. The first-order valence-electron chi connectivity index (χ1n) is 8.31. The van der Waals surface area contributed by atoms with Crippen molar-refractivity contribution < 1.29 is 9.59 Å². The molecule has 26 heavy (non-hydrogen) atoms. The van der Waals surface area contributed by atoms with Crippen LogP contribution in [0, 0.1) is 6.92 Å². The molecule has 4 nitrogen and oxygen atoms in total. The molecule has 0 atom stereocenters. The van der Waals surface area contributed by atoms with Gasteiger partial charge in [-0.1, -0.05) is 36.4 Å². The number of nitrogens with one attached hydrogen (secondary N) is 2. The number of anilines is 2. The molecule has 0 saturated carbocycles. The molecule has 0 aliphatic carbocycles. The van der Waals surface area contributed by atoms with Gasteiger partial charge in [-0.2, -0.15) is 0 Å². The minimum Gasteiger partial charge on any atom is -0.326 e. The van der Waals surface area contributed by atoms with Gasteiger partial charge in [-0.25, -0.2) is 0 Å². The van der Waals surface area contributed by atoms with Crippen LogP contribution in [-0.2, 0) is 9.59 Å². The molecule has 5 heteroatoms. The first kappa shape index (κ1) is 18.0. The lowest BCUT2D eigenvalue weighted by atomic mass is 10.1. The molecule has 0 heterocycles. The van der Waals surface area contributed by atoms with Gasteiger partial charge in [0.15, 0.2) is 0 Å². The monoisotopic (exact) mass is 364 g/mol. The maximum Gasteiger partial charge on any atom is 0.234 e. The van der Waals surface area contributed by atoms with Gasteiger partial charge in [-0.15, -0.1) is 11.8 Å². The second-order valence-electron chi connectivity index (χ2n) is 6.01. The standard InChI is InChI=1S/C21H20N2O2S/c1-14-19(22-15(2)24)8-5-9-20(14)23-21(25)13-26-18-11-10-16-6-3-4-7-17(16)12-18/h3-12H,13H2,1-2H3,(H,22,24)(H,23,25). The van der Waals surface area contributed by atoms with E-state index in [1.807, 2.05) is 43.3 Å². The SMILES string of the molecule is CC(=O)Nc1cccc(NC(=O)CSc2ccc3ccccc3c2)c1C. The van der Waals surface area contributed by atoms with Crippen molar-refractivity contribution in [2.24, 2.45) is 0 Å². The first-order valence-corrected chi connectivity index (χ1v) is 9.30. The van der Waals surface area contributed by atoms with Gasteiger partial charge in [0.25, 0.3) is 0 Å². The Labute approximate surface area is 157 Å². The fourth-order valence-electron chi connectivity index (χ4n) is 2.69. The molecular formula is C21H20N2O2S. The highest BCUT2D eigenvalue weighted by atomic mass is 32.2. The van der Waals surface area contributed by atoms with Crippen LogP contribution < -0.4 is 10.6 Å². The van der Waals surface area contributed by atoms with E-state index in [0.29, 0.717) is 17.1 Å². The van der Waals surface area contributed by atoms with E-state index in [-0.39, 0.29) is 11.8 Å². The van der Waals surface area contributed by atoms with Crippen LogP contribution in [0.2, 0.25) is 0 Å². The van der Waals surface area contributed by atoms with E-state index in [9.17, 15) is 9.59 Å². The van der Waals surface area contributed by atoms with Crippen molar-refractivity contribution in [1.29, 1.82) is 0 Å². The van der Waals surface area contributed by atoms with Crippen molar-refractivity contribution in [1.82, 2.24) is 0 Å². The predicted octanol–water partition coefficient (Wildman–Crippen LogP) is 4.84. The summed E-state index contributed by atoms with van der Waals surface area (Å²) in [5, 5.41) is 8.04. The van der Waals surface area contributed by atoms with E-state index < -0.39 is 0 Å². The summed E-state index contributed by atoms with van der Waals surface area (Å²) in [5.74, 6) is 0.108. The summed E-state index contributed by atoms with van der Waals surface area (Å²) in [6.07, 6.45) is 0. The Morgan fingerprint density at radius 1 is 0.885 bits per heavy atom. The van der Waals surface area contributed by atoms with E-state index in [0.717, 1.165) is 15.8 Å². The Balaban J connectivity index is 1.64. The number of thioether (sulfide) groups is 1. The van der Waals surface area contributed by atoms with Crippen molar-refractivity contribution in [3.8, 4) is 0 Å². The van der Waals surface area contributed by atoms with Gasteiger partial charge in [0.1, 0.15) is 0 Å². The van der Waals surface area contributed by atoms with Gasteiger partial charge >= 0.3 is 0 Å². The zero-order valence-electron chi connectivity index (χ0n) is 14.7. The van der Waals surface area contributed by atoms with Gasteiger partial charge in [0.2, 0.25) is 11.8 Å². The highest BCUT2D eigenvalue weighted by Gasteiger charge is 2.09. The van der Waals surface area contributed by atoms with E-state index in [1.165, 1.54) is 24.1 Å². The lowest BCUT2D eigenvalue weighted by Crippen LogP contribution is -2.16. The van der Waals surface area contributed by atoms with Crippen LogP contribution in [-0.4, -0.2) is 17.6 Å². The van der Waals surface area contributed by atoms with Crippen LogP contribution in [0.1, 0.15) is 12.5 Å². The molecule has 0 unspecified atom stereocenters. The number of hydrogen-bond acceptors (Lipinski definition) is 3. The molecule has 0 aliphatic heterocycles. The first-order chi connectivity index (χ1) is 12.5. The third-order valence-electron chi connectivity index (χ3n) is 4.01. The normalized spacial score (nSPS) is 10.5. The Hall–Kier alpha value is -2.79. The summed E-state index contributed by atoms with van der Waals surface area (Å²) >= 11 is 1.50. The van der Waals surface area contributed by atoms with Crippen LogP contribution in [0.3, 0.4) is 0 Å². The van der Waals surface area contributed by atoms with Crippen LogP contribution in [0.5, 0.6) is 0 Å². The lowest BCUT2D eigenvalue weighted by Gasteiger charge is -2.12. The summed E-state index contributed by atoms with van der Waals surface area (Å²) in [6, 6.07) is 19.8. The van der Waals surface area contributed by atoms with Crippen LogP contribution in [0.25, 0.3) is 10.8 Å². The fourth-order valence-corrected chi connectivity index (χ4v) is 3.43. The third kappa shape index (κ3) is 4.43. The molecule has 132 valence electrons. The van der Waals surface area contributed by atoms with Crippen molar-refractivity contribution in [3.05, 3.63) is 66.2 Å². The molecule has 0 aliphatic rings.